The maximum atomic E-state index is 14.2. The molecule has 26 nitrogen and oxygen atoms in total. The molecule has 6 heterocycles. The lowest BCUT2D eigenvalue weighted by Gasteiger charge is -2.30. The van der Waals surface area contributed by atoms with E-state index in [4.69, 9.17) is 56.4 Å². The quantitative estimate of drug-likeness (QED) is 0.113. The molecule has 2 aromatic rings. The number of amides is 8. The number of rotatable bonds is 7. The molecule has 6 aliphatic heterocycles. The van der Waals surface area contributed by atoms with Crippen LogP contribution in [0.15, 0.2) is 60.7 Å². The molecule has 28 heteroatoms. The fourth-order valence-electron chi connectivity index (χ4n) is 12.3. The first-order chi connectivity index (χ1) is 43.6. The first-order valence-corrected chi connectivity index (χ1v) is 31.9. The van der Waals surface area contributed by atoms with E-state index in [9.17, 15) is 53.1 Å². The number of alkyl carbamates (subject to hydrolysis) is 2. The molecule has 500 valence electrons. The smallest absolute Gasteiger partial charge is 0.410 e. The van der Waals surface area contributed by atoms with Gasteiger partial charge in [-0.2, -0.15) is 0 Å². The summed E-state index contributed by atoms with van der Waals surface area (Å²) in [6, 6.07) is 6.54. The molecule has 2 saturated carbocycles. The van der Waals surface area contributed by atoms with Crippen LogP contribution in [0.3, 0.4) is 0 Å². The Hall–Kier alpha value is -7.68. The van der Waals surface area contributed by atoms with Gasteiger partial charge in [0.15, 0.2) is 0 Å². The molecule has 10 rings (SSSR count). The molecule has 5 N–H and O–H groups in total. The van der Waals surface area contributed by atoms with Crippen molar-refractivity contribution in [2.24, 2.45) is 11.8 Å². The number of nitrogens with zero attached hydrogens (tertiary/aromatic N) is 4. The predicted octanol–water partition coefficient (Wildman–Crippen LogP) is 6.44. The van der Waals surface area contributed by atoms with Gasteiger partial charge in [0.1, 0.15) is 58.7 Å². The van der Waals surface area contributed by atoms with E-state index in [1.54, 1.807) is 84.9 Å². The number of fused-ring (bicyclic) bond motifs is 6. The van der Waals surface area contributed by atoms with E-state index in [0.717, 1.165) is 22.3 Å². The van der Waals surface area contributed by atoms with Crippen LogP contribution in [0.4, 0.5) is 19.2 Å². The first kappa shape index (κ1) is 68.7. The number of carboxylic acids is 1. The van der Waals surface area contributed by atoms with E-state index in [0.29, 0.717) is 49.0 Å². The number of nitrogens with one attached hydrogen (secondary N) is 4. The summed E-state index contributed by atoms with van der Waals surface area (Å²) in [5.74, 6) is -4.90. The summed E-state index contributed by atoms with van der Waals surface area (Å²) in [6.07, 6.45) is 4.21. The maximum absolute atomic E-state index is 14.2. The average molecular weight is 1320 g/mol. The highest BCUT2D eigenvalue weighted by Gasteiger charge is 2.63. The molecule has 0 radical (unpaired) electrons. The molecular formula is C64H82Cl2N8O18. The fourth-order valence-corrected chi connectivity index (χ4v) is 12.8. The molecule has 0 bridgehead atoms. The highest BCUT2D eigenvalue weighted by molar-refractivity contribution is 6.31. The Morgan fingerprint density at radius 2 is 1.07 bits per heavy atom. The SMILES string of the molecule is CC(C)(C)OC(=O)N[C@H]1CCCOC/C=C\[C@@H]2C[C@@]2(C(=O)O)NC(=O)[C@@H]2C[C@@H](OC(=O)N3Cc4cccc(Cl)c4C3)CN2C1=O.CCOC(=O)[C@@]12C[C@H]1/C=C\COCCC[C@H](NC(=O)OC(C)(C)C)C(=O)N1C[C@H](OC(=O)N3Cc4cccc(Cl)c4C3)C[C@H]1C(=O)N2. The van der Waals surface area contributed by atoms with Crippen molar-refractivity contribution in [3.05, 3.63) is 93.0 Å². The number of halogens is 2. The van der Waals surface area contributed by atoms with Gasteiger partial charge in [-0.05, 0) is 121 Å². The second-order valence-electron chi connectivity index (χ2n) is 26.2. The van der Waals surface area contributed by atoms with Gasteiger partial charge in [-0.1, -0.05) is 71.8 Å². The number of carbonyl (C=O) groups excluding carboxylic acids is 9. The Kier molecular flexibility index (Phi) is 21.4. The van der Waals surface area contributed by atoms with E-state index < -0.39 is 125 Å². The van der Waals surface area contributed by atoms with Crippen LogP contribution in [0.2, 0.25) is 10.0 Å². The third-order valence-electron chi connectivity index (χ3n) is 17.0. The minimum Gasteiger partial charge on any atom is -0.479 e. The second-order valence-corrected chi connectivity index (χ2v) is 27.0. The molecule has 4 fully saturated rings. The normalized spacial score (nSPS) is 28.8. The Morgan fingerprint density at radius 1 is 0.641 bits per heavy atom. The van der Waals surface area contributed by atoms with Crippen molar-refractivity contribution in [1.82, 2.24) is 40.9 Å². The Balaban J connectivity index is 0.000000218. The van der Waals surface area contributed by atoms with E-state index in [1.807, 2.05) is 24.3 Å². The highest BCUT2D eigenvalue weighted by Crippen LogP contribution is 2.47. The average Bonchev–Trinajstić information content (AvgIpc) is 1.59. The van der Waals surface area contributed by atoms with Gasteiger partial charge in [-0.3, -0.25) is 29.0 Å². The lowest BCUT2D eigenvalue weighted by molar-refractivity contribution is -0.150. The number of benzene rings is 2. The van der Waals surface area contributed by atoms with Crippen molar-refractivity contribution in [3.63, 3.8) is 0 Å². The third kappa shape index (κ3) is 16.6. The summed E-state index contributed by atoms with van der Waals surface area (Å²) in [5.41, 5.74) is -0.939. The molecular weight excluding hydrogens is 1240 g/mol. The monoisotopic (exact) mass is 1320 g/mol. The van der Waals surface area contributed by atoms with Gasteiger partial charge in [-0.25, -0.2) is 28.8 Å². The molecule has 0 unspecified atom stereocenters. The zero-order valence-electron chi connectivity index (χ0n) is 52.8. The largest absolute Gasteiger partial charge is 0.479 e. The van der Waals surface area contributed by atoms with Gasteiger partial charge in [0.2, 0.25) is 23.6 Å². The number of aliphatic carboxylic acids is 1. The number of hydrogen-bond acceptors (Lipinski definition) is 17. The highest BCUT2D eigenvalue weighted by atomic mass is 35.5. The Morgan fingerprint density at radius 3 is 1.48 bits per heavy atom. The minimum absolute atomic E-state index is 0.00740. The Bertz CT molecular complexity index is 3240. The molecule has 2 aromatic carbocycles. The molecule has 10 atom stereocenters. The van der Waals surface area contributed by atoms with Crippen LogP contribution in [0.1, 0.15) is 122 Å². The van der Waals surface area contributed by atoms with Crippen LogP contribution in [0, 0.1) is 11.8 Å². The second kappa shape index (κ2) is 28.7. The van der Waals surface area contributed by atoms with Crippen molar-refractivity contribution >= 4 is 83.1 Å². The molecule has 2 aliphatic carbocycles. The van der Waals surface area contributed by atoms with Crippen LogP contribution in [0.25, 0.3) is 0 Å². The standard InChI is InChI=1S/C33H43ClN4O9.C31H39ClN4O9/c1-5-45-29(41)33-16-21(33)10-7-13-44-14-8-12-25(35-30(42)47-32(2,3)4)28(40)38-18-22(15-26(38)27(39)36-33)46-31(43)37-17-20-9-6-11-24(34)23(20)19-37;1-30(2,3)45-28(41)33-23-10-6-12-43-11-5-8-19-14-31(19,27(39)40)34-25(37)24-13-20(16-36(24)26(23)38)44-29(42)35-15-18-7-4-9-22(32)21(18)17-35/h6-7,9-11,21-22,25-26H,5,8,12-19H2,1-4H3,(H,35,42)(H,36,39);4-5,7-9,19-20,23-24H,6,10-17H2,1-3H3,(H,33,41)(H,34,37)(H,39,40)/b10-7-;8-5-/t21-,22-,25+,26+,33-;19-,20-,23+,24+,31-/m11/s1. The topological polar surface area (TPSA) is 317 Å². The molecule has 8 aliphatic rings. The lowest BCUT2D eigenvalue weighted by Crippen LogP contribution is -2.56. The molecule has 92 heavy (non-hydrogen) atoms. The van der Waals surface area contributed by atoms with Crippen LogP contribution in [-0.4, -0.2) is 189 Å². The van der Waals surface area contributed by atoms with Gasteiger partial charge in [-0.15, -0.1) is 0 Å². The van der Waals surface area contributed by atoms with E-state index in [2.05, 4.69) is 21.3 Å². The van der Waals surface area contributed by atoms with Crippen molar-refractivity contribution in [3.8, 4) is 0 Å². The Labute approximate surface area is 543 Å². The number of hydrogen-bond donors (Lipinski definition) is 5. The molecule has 8 amide bonds. The van der Waals surface area contributed by atoms with E-state index in [1.165, 1.54) is 19.6 Å². The summed E-state index contributed by atoms with van der Waals surface area (Å²) >= 11 is 12.6. The number of ether oxygens (including phenoxy) is 7. The van der Waals surface area contributed by atoms with Gasteiger partial charge in [0.05, 0.1) is 46.0 Å². The minimum atomic E-state index is -1.52. The zero-order chi connectivity index (χ0) is 66.5. The van der Waals surface area contributed by atoms with Gasteiger partial charge >= 0.3 is 36.3 Å². The third-order valence-corrected chi connectivity index (χ3v) is 17.8. The molecule has 2 saturated heterocycles. The summed E-state index contributed by atoms with van der Waals surface area (Å²) < 4.78 is 39.1. The number of carbonyl (C=O) groups is 10. The molecule has 0 spiro atoms. The van der Waals surface area contributed by atoms with Crippen LogP contribution in [-0.2, 0) is 88.1 Å². The lowest BCUT2D eigenvalue weighted by atomic mass is 10.1. The van der Waals surface area contributed by atoms with E-state index in [-0.39, 0.29) is 90.6 Å². The van der Waals surface area contributed by atoms with Crippen molar-refractivity contribution in [2.75, 3.05) is 46.1 Å². The van der Waals surface area contributed by atoms with Gasteiger partial charge < -0.3 is 69.3 Å². The first-order valence-electron chi connectivity index (χ1n) is 31.2. The van der Waals surface area contributed by atoms with Crippen LogP contribution < -0.4 is 21.3 Å². The van der Waals surface area contributed by atoms with Crippen molar-refractivity contribution in [2.45, 2.75) is 185 Å². The van der Waals surface area contributed by atoms with Crippen molar-refractivity contribution < 1.29 is 86.2 Å². The molecule has 0 aromatic heterocycles. The van der Waals surface area contributed by atoms with Crippen LogP contribution >= 0.6 is 23.2 Å². The number of carboxylic acid groups (broad SMARTS) is 1. The van der Waals surface area contributed by atoms with Gasteiger partial charge in [0, 0.05) is 61.0 Å². The summed E-state index contributed by atoms with van der Waals surface area (Å²) in [4.78, 5) is 139. The predicted molar refractivity (Wildman–Crippen MR) is 329 cm³/mol. The maximum Gasteiger partial charge on any atom is 0.410 e. The van der Waals surface area contributed by atoms with Crippen LogP contribution in [0.5, 0.6) is 0 Å². The summed E-state index contributed by atoms with van der Waals surface area (Å²) in [5, 5.41) is 21.9. The van der Waals surface area contributed by atoms with E-state index >= 15 is 0 Å². The zero-order valence-corrected chi connectivity index (χ0v) is 54.3. The van der Waals surface area contributed by atoms with Gasteiger partial charge in [0.25, 0.3) is 0 Å². The summed E-state index contributed by atoms with van der Waals surface area (Å²) in [7, 11) is 0. The fraction of sp³-hybridized carbons (Fsp3) is 0.594. The van der Waals surface area contributed by atoms with Crippen molar-refractivity contribution in [1.29, 1.82) is 0 Å². The summed E-state index contributed by atoms with van der Waals surface area (Å²) in [6.45, 7) is 14.1. The number of esters is 1.